The van der Waals surface area contributed by atoms with E-state index in [-0.39, 0.29) is 42.3 Å². The van der Waals surface area contributed by atoms with Crippen molar-refractivity contribution in [1.29, 1.82) is 0 Å². The molecule has 0 bridgehead atoms. The third-order valence-corrected chi connectivity index (χ3v) is 5.74. The molecule has 2 amide bonds. The van der Waals surface area contributed by atoms with Crippen LogP contribution in [0.2, 0.25) is 0 Å². The molecular weight excluding hydrogens is 392 g/mol. The molecule has 0 unspecified atom stereocenters. The molecule has 4 rings (SSSR count). The van der Waals surface area contributed by atoms with Crippen molar-refractivity contribution in [2.75, 3.05) is 5.32 Å². The molecule has 0 saturated carbocycles. The zero-order valence-electron chi connectivity index (χ0n) is 17.7. The smallest absolute Gasteiger partial charge is 0.258 e. The zero-order valence-corrected chi connectivity index (χ0v) is 17.7. The first-order chi connectivity index (χ1) is 14.9. The number of carbonyl (C=O) groups is 2. The molecule has 31 heavy (non-hydrogen) atoms. The van der Waals surface area contributed by atoms with E-state index in [9.17, 15) is 14.4 Å². The fraction of sp³-hybridized carbons (Fsp3) is 0.333. The lowest BCUT2D eigenvalue weighted by molar-refractivity contribution is -0.134. The first-order valence-electron chi connectivity index (χ1n) is 10.6. The highest BCUT2D eigenvalue weighted by molar-refractivity contribution is 5.96. The average molecular weight is 418 g/mol. The summed E-state index contributed by atoms with van der Waals surface area (Å²) < 4.78 is 0. The second kappa shape index (κ2) is 8.71. The molecule has 1 aliphatic heterocycles. The molecule has 1 atom stereocenters. The van der Waals surface area contributed by atoms with Crippen molar-refractivity contribution in [1.82, 2.24) is 14.9 Å². The molecule has 7 nitrogen and oxygen atoms in total. The lowest BCUT2D eigenvalue weighted by atomic mass is 9.89. The molecule has 160 valence electrons. The fourth-order valence-electron chi connectivity index (χ4n) is 4.02. The van der Waals surface area contributed by atoms with Gasteiger partial charge in [-0.15, -0.1) is 0 Å². The summed E-state index contributed by atoms with van der Waals surface area (Å²) in [6.07, 6.45) is 1.37. The number of aromatic nitrogens is 2. The van der Waals surface area contributed by atoms with Gasteiger partial charge >= 0.3 is 0 Å². The predicted octanol–water partition coefficient (Wildman–Crippen LogP) is 3.25. The largest absolute Gasteiger partial charge is 0.333 e. The van der Waals surface area contributed by atoms with E-state index in [0.717, 1.165) is 11.3 Å². The summed E-state index contributed by atoms with van der Waals surface area (Å²) >= 11 is 0. The number of anilines is 1. The van der Waals surface area contributed by atoms with Crippen LogP contribution in [0.25, 0.3) is 10.9 Å². The molecule has 0 aliphatic carbocycles. The van der Waals surface area contributed by atoms with Crippen molar-refractivity contribution < 1.29 is 9.59 Å². The number of nitrogens with one attached hydrogen (secondary N) is 2. The molecule has 0 radical (unpaired) electrons. The predicted molar refractivity (Wildman–Crippen MR) is 120 cm³/mol. The van der Waals surface area contributed by atoms with Crippen LogP contribution in [0.1, 0.15) is 38.1 Å². The lowest BCUT2D eigenvalue weighted by Gasteiger charge is -2.28. The van der Waals surface area contributed by atoms with E-state index in [4.69, 9.17) is 0 Å². The van der Waals surface area contributed by atoms with Crippen molar-refractivity contribution in [3.8, 4) is 0 Å². The van der Waals surface area contributed by atoms with Crippen LogP contribution in [0.4, 0.5) is 5.69 Å². The fourth-order valence-corrected chi connectivity index (χ4v) is 4.02. The molecule has 1 aromatic heterocycles. The van der Waals surface area contributed by atoms with E-state index < -0.39 is 0 Å². The molecule has 0 spiro atoms. The molecule has 2 aromatic carbocycles. The number of benzene rings is 2. The maximum atomic E-state index is 13.0. The zero-order chi connectivity index (χ0) is 22.0. The first-order valence-corrected chi connectivity index (χ1v) is 10.6. The van der Waals surface area contributed by atoms with Gasteiger partial charge in [0.1, 0.15) is 5.82 Å². The van der Waals surface area contributed by atoms with Crippen molar-refractivity contribution in [2.24, 2.45) is 5.92 Å². The Hall–Kier alpha value is -3.48. The number of fused-ring (bicyclic) bond motifs is 2. The summed E-state index contributed by atoms with van der Waals surface area (Å²) in [5, 5.41) is 3.46. The third kappa shape index (κ3) is 4.50. The van der Waals surface area contributed by atoms with Gasteiger partial charge in [-0.05, 0) is 50.5 Å². The Bertz CT molecular complexity index is 1180. The minimum absolute atomic E-state index is 0.0388. The standard InChI is InChI=1S/C24H26N4O3/c1-15(2)28(14-21-25-20-10-6-4-8-18(20)24(31)27-21)22(29)12-11-17-13-16-7-3-5-9-19(16)26-23(17)30/h3-10,15,17H,11-14H2,1-2H3,(H,26,30)(H,25,27,31)/t17-/m1/s1. The molecule has 2 heterocycles. The quantitative estimate of drug-likeness (QED) is 0.642. The van der Waals surface area contributed by atoms with Crippen LogP contribution in [0.15, 0.2) is 53.3 Å². The Morgan fingerprint density at radius 2 is 1.87 bits per heavy atom. The van der Waals surface area contributed by atoms with Crippen LogP contribution >= 0.6 is 0 Å². The molecule has 1 aliphatic rings. The molecular formula is C24H26N4O3. The minimum atomic E-state index is -0.230. The topological polar surface area (TPSA) is 95.2 Å². The Balaban J connectivity index is 1.45. The van der Waals surface area contributed by atoms with Gasteiger partial charge in [0.25, 0.3) is 5.56 Å². The van der Waals surface area contributed by atoms with Crippen LogP contribution in [-0.2, 0) is 22.6 Å². The van der Waals surface area contributed by atoms with Gasteiger partial charge in [-0.25, -0.2) is 4.98 Å². The first kappa shape index (κ1) is 20.8. The highest BCUT2D eigenvalue weighted by Gasteiger charge is 2.27. The van der Waals surface area contributed by atoms with Crippen LogP contribution in [0, 0.1) is 5.92 Å². The summed E-state index contributed by atoms with van der Waals surface area (Å²) in [5.41, 5.74) is 2.34. The second-order valence-corrected chi connectivity index (χ2v) is 8.23. The van der Waals surface area contributed by atoms with Crippen molar-refractivity contribution >= 4 is 28.4 Å². The SMILES string of the molecule is CC(C)N(Cc1nc2ccccc2c(=O)[nH]1)C(=O)CC[C@@H]1Cc2ccccc2NC1=O. The summed E-state index contributed by atoms with van der Waals surface area (Å²) in [7, 11) is 0. The Labute approximate surface area is 180 Å². The molecule has 2 N–H and O–H groups in total. The second-order valence-electron chi connectivity index (χ2n) is 8.23. The van der Waals surface area contributed by atoms with E-state index in [1.165, 1.54) is 0 Å². The van der Waals surface area contributed by atoms with E-state index in [0.29, 0.717) is 29.6 Å². The molecule has 7 heteroatoms. The number of rotatable bonds is 6. The summed E-state index contributed by atoms with van der Waals surface area (Å²) in [6, 6.07) is 14.8. The molecule has 0 saturated heterocycles. The van der Waals surface area contributed by atoms with Crippen LogP contribution < -0.4 is 10.9 Å². The monoisotopic (exact) mass is 418 g/mol. The maximum absolute atomic E-state index is 13.0. The van der Waals surface area contributed by atoms with Crippen molar-refractivity contribution in [3.05, 3.63) is 70.3 Å². The van der Waals surface area contributed by atoms with Gasteiger partial charge in [0.2, 0.25) is 11.8 Å². The van der Waals surface area contributed by atoms with Crippen LogP contribution in [-0.4, -0.2) is 32.7 Å². The minimum Gasteiger partial charge on any atom is -0.333 e. The van der Waals surface area contributed by atoms with Gasteiger partial charge in [0.15, 0.2) is 0 Å². The van der Waals surface area contributed by atoms with Gasteiger partial charge in [0, 0.05) is 24.1 Å². The van der Waals surface area contributed by atoms with E-state index in [1.807, 2.05) is 44.2 Å². The van der Waals surface area contributed by atoms with Crippen molar-refractivity contribution in [2.45, 2.75) is 45.7 Å². The number of amides is 2. The highest BCUT2D eigenvalue weighted by Crippen LogP contribution is 2.28. The van der Waals surface area contributed by atoms with Gasteiger partial charge in [0.05, 0.1) is 17.4 Å². The van der Waals surface area contributed by atoms with E-state index in [2.05, 4.69) is 15.3 Å². The lowest BCUT2D eigenvalue weighted by Crippen LogP contribution is -2.38. The number of para-hydroxylation sites is 2. The van der Waals surface area contributed by atoms with Gasteiger partial charge in [-0.3, -0.25) is 14.4 Å². The van der Waals surface area contributed by atoms with Crippen molar-refractivity contribution in [3.63, 3.8) is 0 Å². The van der Waals surface area contributed by atoms with Gasteiger partial charge < -0.3 is 15.2 Å². The number of hydrogen-bond donors (Lipinski definition) is 2. The summed E-state index contributed by atoms with van der Waals surface area (Å²) in [4.78, 5) is 46.8. The number of carbonyl (C=O) groups excluding carboxylic acids is 2. The Morgan fingerprint density at radius 1 is 1.13 bits per heavy atom. The van der Waals surface area contributed by atoms with Gasteiger partial charge in [-0.1, -0.05) is 30.3 Å². The number of aromatic amines is 1. The molecule has 0 fully saturated rings. The Kier molecular flexibility index (Phi) is 5.84. The Morgan fingerprint density at radius 3 is 2.68 bits per heavy atom. The normalized spacial score (nSPS) is 15.6. The van der Waals surface area contributed by atoms with Crippen LogP contribution in [0.5, 0.6) is 0 Å². The van der Waals surface area contributed by atoms with E-state index >= 15 is 0 Å². The maximum Gasteiger partial charge on any atom is 0.258 e. The molecule has 3 aromatic rings. The van der Waals surface area contributed by atoms with Gasteiger partial charge in [-0.2, -0.15) is 0 Å². The van der Waals surface area contributed by atoms with E-state index in [1.54, 1.807) is 23.1 Å². The number of nitrogens with zero attached hydrogens (tertiary/aromatic N) is 2. The van der Waals surface area contributed by atoms with Crippen LogP contribution in [0.3, 0.4) is 0 Å². The number of H-pyrrole nitrogens is 1. The summed E-state index contributed by atoms with van der Waals surface area (Å²) in [6.45, 7) is 4.08. The third-order valence-electron chi connectivity index (χ3n) is 5.74. The average Bonchev–Trinajstić information content (AvgIpc) is 2.75. The number of hydrogen-bond acceptors (Lipinski definition) is 4. The highest BCUT2D eigenvalue weighted by atomic mass is 16.2. The summed E-state index contributed by atoms with van der Waals surface area (Å²) in [5.74, 6) is 0.127.